The Morgan fingerprint density at radius 3 is 2.28 bits per heavy atom. The minimum atomic E-state index is -0.343. The molecule has 2 aromatic rings. The Hall–Kier alpha value is -3.67. The summed E-state index contributed by atoms with van der Waals surface area (Å²) in [6.45, 7) is 9.97. The van der Waals surface area contributed by atoms with Gasteiger partial charge in [-0.2, -0.15) is 0 Å². The molecule has 0 saturated heterocycles. The second-order valence-electron chi connectivity index (χ2n) is 9.81. The fourth-order valence-corrected chi connectivity index (χ4v) is 4.42. The van der Waals surface area contributed by atoms with Crippen LogP contribution in [0.1, 0.15) is 80.4 Å². The van der Waals surface area contributed by atoms with Crippen LogP contribution >= 0.6 is 0 Å². The van der Waals surface area contributed by atoms with E-state index in [4.69, 9.17) is 4.74 Å². The number of hydrogen-bond acceptors (Lipinski definition) is 6. The van der Waals surface area contributed by atoms with Gasteiger partial charge in [0.2, 0.25) is 0 Å². The third-order valence-electron chi connectivity index (χ3n) is 6.51. The first kappa shape index (κ1) is 26.9. The molecule has 1 atom stereocenters. The summed E-state index contributed by atoms with van der Waals surface area (Å²) in [4.78, 5) is 12.9. The molecule has 0 bridgehead atoms. The first-order chi connectivity index (χ1) is 17.0. The van der Waals surface area contributed by atoms with E-state index in [1.807, 2.05) is 46.8 Å². The van der Waals surface area contributed by atoms with Crippen molar-refractivity contribution >= 4 is 5.78 Å². The van der Waals surface area contributed by atoms with Crippen molar-refractivity contribution in [1.82, 2.24) is 0 Å². The number of phenolic OH excluding ortho intramolecular Hbond substituents is 4. The predicted molar refractivity (Wildman–Crippen MR) is 141 cm³/mol. The Labute approximate surface area is 212 Å². The predicted octanol–water partition coefficient (Wildman–Crippen LogP) is 6.61. The fraction of sp³-hybridized carbons (Fsp3) is 0.367. The molecule has 1 unspecified atom stereocenters. The van der Waals surface area contributed by atoms with E-state index < -0.39 is 0 Å². The second kappa shape index (κ2) is 11.4. The molecule has 1 aliphatic rings. The van der Waals surface area contributed by atoms with E-state index in [1.165, 1.54) is 6.07 Å². The van der Waals surface area contributed by atoms with Crippen molar-refractivity contribution < 1.29 is 30.0 Å². The van der Waals surface area contributed by atoms with E-state index >= 15 is 0 Å². The zero-order valence-corrected chi connectivity index (χ0v) is 21.7. The summed E-state index contributed by atoms with van der Waals surface area (Å²) in [6, 6.07) is 4.84. The van der Waals surface area contributed by atoms with Gasteiger partial charge in [0.1, 0.15) is 22.8 Å². The Bertz CT molecular complexity index is 1240. The van der Waals surface area contributed by atoms with Gasteiger partial charge in [0.15, 0.2) is 17.3 Å². The van der Waals surface area contributed by atoms with E-state index in [1.54, 1.807) is 12.1 Å². The third-order valence-corrected chi connectivity index (χ3v) is 6.51. The molecule has 1 heterocycles. The number of carbonyl (C=O) groups is 1. The normalized spacial score (nSPS) is 14.0. The molecule has 6 heteroatoms. The van der Waals surface area contributed by atoms with Crippen LogP contribution in [-0.4, -0.2) is 32.8 Å². The molecule has 0 radical (unpaired) electrons. The number of allylic oxidation sites excluding steroid dienone is 6. The van der Waals surface area contributed by atoms with E-state index in [2.05, 4.69) is 6.08 Å². The number of hydrogen-bond donors (Lipinski definition) is 4. The smallest absolute Gasteiger partial charge is 0.173 e. The number of aromatic hydroxyl groups is 4. The molecule has 0 aliphatic carbocycles. The topological polar surface area (TPSA) is 107 Å². The highest BCUT2D eigenvalue weighted by Crippen LogP contribution is 2.50. The van der Waals surface area contributed by atoms with Gasteiger partial charge in [0.05, 0.1) is 6.61 Å². The zero-order chi connectivity index (χ0) is 26.6. The number of fused-ring (bicyclic) bond motifs is 1. The van der Waals surface area contributed by atoms with Crippen molar-refractivity contribution in [2.75, 3.05) is 6.61 Å². The summed E-state index contributed by atoms with van der Waals surface area (Å²) in [5.74, 6) is -0.946. The summed E-state index contributed by atoms with van der Waals surface area (Å²) < 4.78 is 5.93. The number of benzene rings is 2. The van der Waals surface area contributed by atoms with E-state index in [9.17, 15) is 25.2 Å². The van der Waals surface area contributed by atoms with Crippen LogP contribution in [0.4, 0.5) is 0 Å². The number of carbonyl (C=O) groups excluding carboxylic acids is 1. The largest absolute Gasteiger partial charge is 0.507 e. The average Bonchev–Trinajstić information content (AvgIpc) is 2.81. The van der Waals surface area contributed by atoms with Gasteiger partial charge in [-0.05, 0) is 59.9 Å². The van der Waals surface area contributed by atoms with Crippen LogP contribution in [0.15, 0.2) is 53.1 Å². The van der Waals surface area contributed by atoms with Gasteiger partial charge in [0, 0.05) is 29.0 Å². The van der Waals surface area contributed by atoms with Crippen molar-refractivity contribution in [2.24, 2.45) is 0 Å². The highest BCUT2D eigenvalue weighted by molar-refractivity contribution is 6.03. The molecule has 192 valence electrons. The average molecular weight is 493 g/mol. The molecule has 0 fully saturated rings. The number of para-hydroxylation sites is 1. The highest BCUT2D eigenvalue weighted by Gasteiger charge is 2.34. The van der Waals surface area contributed by atoms with Crippen molar-refractivity contribution in [3.05, 3.63) is 75.4 Å². The van der Waals surface area contributed by atoms with Gasteiger partial charge in [-0.3, -0.25) is 4.79 Å². The number of ether oxygens (including phenoxy) is 1. The molecular formula is C30H36O6. The molecule has 36 heavy (non-hydrogen) atoms. The summed E-state index contributed by atoms with van der Waals surface area (Å²) in [6.07, 6.45) is 7.26. The minimum absolute atomic E-state index is 0.0708. The number of Topliss-reactive ketones (excluding diaryl/α,β-unsaturated/α-hetero) is 1. The maximum absolute atomic E-state index is 12.9. The van der Waals surface area contributed by atoms with Crippen LogP contribution < -0.4 is 4.74 Å². The first-order valence-corrected chi connectivity index (χ1v) is 12.2. The van der Waals surface area contributed by atoms with Crippen molar-refractivity contribution in [2.45, 2.75) is 66.2 Å². The van der Waals surface area contributed by atoms with Crippen LogP contribution in [0.5, 0.6) is 28.7 Å². The molecule has 3 rings (SSSR count). The third kappa shape index (κ3) is 5.76. The quantitative estimate of drug-likeness (QED) is 0.244. The van der Waals surface area contributed by atoms with Gasteiger partial charge in [-0.25, -0.2) is 0 Å². The van der Waals surface area contributed by atoms with Gasteiger partial charge in [-0.15, -0.1) is 0 Å². The maximum atomic E-state index is 12.9. The fourth-order valence-electron chi connectivity index (χ4n) is 4.42. The molecule has 0 spiro atoms. The second-order valence-corrected chi connectivity index (χ2v) is 9.81. The van der Waals surface area contributed by atoms with Gasteiger partial charge >= 0.3 is 0 Å². The maximum Gasteiger partial charge on any atom is 0.173 e. The van der Waals surface area contributed by atoms with Gasteiger partial charge in [-0.1, -0.05) is 47.1 Å². The lowest BCUT2D eigenvalue weighted by molar-refractivity contribution is 0.0928. The number of phenols is 4. The SMILES string of the molecule is CC(C)=CCc1c(O)c2c(c(C(CC=C(C)C)/C(C)=C/Cc3cccc(O)c3O)c1O)OCCC2=O. The summed E-state index contributed by atoms with van der Waals surface area (Å²) in [5.41, 5.74) is 4.53. The van der Waals surface area contributed by atoms with Crippen molar-refractivity contribution in [3.63, 3.8) is 0 Å². The molecule has 6 nitrogen and oxygen atoms in total. The number of ketones is 1. The van der Waals surface area contributed by atoms with E-state index in [-0.39, 0.29) is 65.5 Å². The van der Waals surface area contributed by atoms with Crippen LogP contribution in [0.2, 0.25) is 0 Å². The van der Waals surface area contributed by atoms with Crippen LogP contribution in [-0.2, 0) is 12.8 Å². The van der Waals surface area contributed by atoms with Gasteiger partial charge < -0.3 is 25.2 Å². The summed E-state index contributed by atoms with van der Waals surface area (Å²) in [5, 5.41) is 42.5. The lowest BCUT2D eigenvalue weighted by Gasteiger charge is -2.28. The molecule has 0 saturated carbocycles. The van der Waals surface area contributed by atoms with Crippen molar-refractivity contribution in [1.29, 1.82) is 0 Å². The monoisotopic (exact) mass is 492 g/mol. The van der Waals surface area contributed by atoms with Crippen LogP contribution in [0.25, 0.3) is 0 Å². The minimum Gasteiger partial charge on any atom is -0.507 e. The van der Waals surface area contributed by atoms with E-state index in [0.29, 0.717) is 29.5 Å². The Balaban J connectivity index is 2.20. The Morgan fingerprint density at radius 2 is 1.61 bits per heavy atom. The van der Waals surface area contributed by atoms with Gasteiger partial charge in [0.25, 0.3) is 0 Å². The Kier molecular flexibility index (Phi) is 8.51. The Morgan fingerprint density at radius 1 is 0.917 bits per heavy atom. The van der Waals surface area contributed by atoms with Crippen LogP contribution in [0, 0.1) is 0 Å². The number of rotatable bonds is 8. The first-order valence-electron chi connectivity index (χ1n) is 12.2. The molecule has 2 aromatic carbocycles. The highest BCUT2D eigenvalue weighted by atomic mass is 16.5. The molecule has 1 aliphatic heterocycles. The van der Waals surface area contributed by atoms with E-state index in [0.717, 1.165) is 16.7 Å². The van der Waals surface area contributed by atoms with Crippen LogP contribution in [0.3, 0.4) is 0 Å². The lowest BCUT2D eigenvalue weighted by Crippen LogP contribution is -2.19. The summed E-state index contributed by atoms with van der Waals surface area (Å²) >= 11 is 0. The van der Waals surface area contributed by atoms with Crippen molar-refractivity contribution in [3.8, 4) is 28.7 Å². The standard InChI is InChI=1S/C30H36O6/c1-17(2)9-13-21(19(5)11-12-20-7-6-8-24(32)27(20)33)25-28(34)22(14-10-18(3)4)29(35)26-23(31)15-16-36-30(25)26/h6-11,21,32-35H,12-16H2,1-5H3/b19-11+. The molecule has 0 aromatic heterocycles. The molecule has 0 amide bonds. The zero-order valence-electron chi connectivity index (χ0n) is 21.7. The lowest BCUT2D eigenvalue weighted by atomic mass is 9.82. The molecule has 4 N–H and O–H groups in total. The molecular weight excluding hydrogens is 456 g/mol. The summed E-state index contributed by atoms with van der Waals surface area (Å²) in [7, 11) is 0.